The molecule has 0 bridgehead atoms. The summed E-state index contributed by atoms with van der Waals surface area (Å²) in [5.41, 5.74) is 0.871. The van der Waals surface area contributed by atoms with Crippen LogP contribution in [-0.2, 0) is 11.3 Å². The van der Waals surface area contributed by atoms with Gasteiger partial charge < -0.3 is 9.26 Å². The zero-order valence-corrected chi connectivity index (χ0v) is 14.1. The molecule has 3 rings (SSSR count). The summed E-state index contributed by atoms with van der Waals surface area (Å²) in [7, 11) is 0. The average molecular weight is 336 g/mol. The van der Waals surface area contributed by atoms with E-state index in [1.165, 1.54) is 0 Å². The van der Waals surface area contributed by atoms with Gasteiger partial charge in [-0.15, -0.1) is 0 Å². The van der Waals surface area contributed by atoms with Crippen molar-refractivity contribution in [1.29, 1.82) is 0 Å². The van der Waals surface area contributed by atoms with E-state index in [9.17, 15) is 0 Å². The molecule has 0 amide bonds. The van der Waals surface area contributed by atoms with Crippen molar-refractivity contribution >= 4 is 11.6 Å². The van der Waals surface area contributed by atoms with Gasteiger partial charge in [-0.1, -0.05) is 35.8 Å². The maximum Gasteiger partial charge on any atom is 0.241 e. The van der Waals surface area contributed by atoms with E-state index >= 15 is 0 Å². The fourth-order valence-corrected chi connectivity index (χ4v) is 3.02. The summed E-state index contributed by atoms with van der Waals surface area (Å²) in [6, 6.07) is 7.48. The topological polar surface area (TPSA) is 51.4 Å². The second-order valence-corrected chi connectivity index (χ2v) is 6.33. The van der Waals surface area contributed by atoms with Gasteiger partial charge in [-0.05, 0) is 37.9 Å². The average Bonchev–Trinajstić information content (AvgIpc) is 3.02. The highest BCUT2D eigenvalue weighted by atomic mass is 35.5. The van der Waals surface area contributed by atoms with Gasteiger partial charge in [0.1, 0.15) is 0 Å². The fraction of sp³-hybridized carbons (Fsp3) is 0.529. The Balaban J connectivity index is 1.60. The van der Waals surface area contributed by atoms with Gasteiger partial charge in [0.25, 0.3) is 0 Å². The molecule has 0 N–H and O–H groups in total. The number of nitrogens with zero attached hydrogens (tertiary/aromatic N) is 3. The minimum Gasteiger partial charge on any atom is -0.377 e. The lowest BCUT2D eigenvalue weighted by atomic mass is 10.1. The molecule has 2 aromatic rings. The highest BCUT2D eigenvalue weighted by Crippen LogP contribution is 2.21. The van der Waals surface area contributed by atoms with E-state index in [1.807, 2.05) is 24.3 Å². The van der Waals surface area contributed by atoms with Crippen LogP contribution in [-0.4, -0.2) is 40.8 Å². The molecule has 5 nitrogen and oxygen atoms in total. The minimum absolute atomic E-state index is 0.319. The molecule has 0 aliphatic carbocycles. The van der Waals surface area contributed by atoms with Crippen LogP contribution in [0.2, 0.25) is 5.02 Å². The Morgan fingerprint density at radius 3 is 3.17 bits per heavy atom. The van der Waals surface area contributed by atoms with Crippen molar-refractivity contribution in [2.75, 3.05) is 19.7 Å². The van der Waals surface area contributed by atoms with Crippen molar-refractivity contribution in [3.05, 3.63) is 35.2 Å². The molecule has 0 unspecified atom stereocenters. The number of benzene rings is 1. The molecule has 1 aliphatic heterocycles. The summed E-state index contributed by atoms with van der Waals surface area (Å²) >= 11 is 6.01. The lowest BCUT2D eigenvalue weighted by molar-refractivity contribution is -0.00455. The second kappa shape index (κ2) is 7.90. The zero-order valence-electron chi connectivity index (χ0n) is 13.4. The Bertz CT molecular complexity index is 632. The van der Waals surface area contributed by atoms with E-state index in [0.717, 1.165) is 44.5 Å². The first-order chi connectivity index (χ1) is 11.2. The predicted molar refractivity (Wildman–Crippen MR) is 89.3 cm³/mol. The number of hydrogen-bond acceptors (Lipinski definition) is 5. The molecule has 1 aliphatic rings. The predicted octanol–water partition coefficient (Wildman–Crippen LogP) is 3.78. The Hall–Kier alpha value is -1.43. The summed E-state index contributed by atoms with van der Waals surface area (Å²) < 4.78 is 11.3. The standard InChI is InChI=1S/C17H22ClN3O2/c1-2-9-22-15-7-4-8-21(11-15)12-16-19-17(20-23-16)13-5-3-6-14(18)10-13/h3,5-6,10,15H,2,4,7-9,11-12H2,1H3/t15-/m0/s1. The Morgan fingerprint density at radius 2 is 2.35 bits per heavy atom. The second-order valence-electron chi connectivity index (χ2n) is 5.89. The molecule has 0 spiro atoms. The maximum atomic E-state index is 6.01. The summed E-state index contributed by atoms with van der Waals surface area (Å²) in [6.45, 7) is 5.60. The molecule has 6 heteroatoms. The highest BCUT2D eigenvalue weighted by molar-refractivity contribution is 6.30. The van der Waals surface area contributed by atoms with Gasteiger partial charge in [-0.3, -0.25) is 4.90 Å². The fourth-order valence-electron chi connectivity index (χ4n) is 2.83. The van der Waals surface area contributed by atoms with E-state index in [-0.39, 0.29) is 0 Å². The summed E-state index contributed by atoms with van der Waals surface area (Å²) in [5.74, 6) is 1.22. The van der Waals surface area contributed by atoms with Gasteiger partial charge >= 0.3 is 0 Å². The Labute approximate surface area is 141 Å². The monoisotopic (exact) mass is 335 g/mol. The number of hydrogen-bond donors (Lipinski definition) is 0. The van der Waals surface area contributed by atoms with E-state index in [4.69, 9.17) is 20.9 Å². The van der Waals surface area contributed by atoms with Crippen molar-refractivity contribution < 1.29 is 9.26 Å². The molecule has 1 aromatic carbocycles. The zero-order chi connectivity index (χ0) is 16.1. The van der Waals surface area contributed by atoms with Gasteiger partial charge in [0.05, 0.1) is 12.6 Å². The molecule has 1 aromatic heterocycles. The smallest absolute Gasteiger partial charge is 0.241 e. The van der Waals surface area contributed by atoms with Gasteiger partial charge in [0.15, 0.2) is 0 Å². The van der Waals surface area contributed by atoms with Crippen LogP contribution in [0.3, 0.4) is 0 Å². The number of aromatic nitrogens is 2. The molecular formula is C17H22ClN3O2. The van der Waals surface area contributed by atoms with Gasteiger partial charge in [-0.25, -0.2) is 0 Å². The van der Waals surface area contributed by atoms with E-state index < -0.39 is 0 Å². The van der Waals surface area contributed by atoms with Crippen LogP contribution in [0.15, 0.2) is 28.8 Å². The third kappa shape index (κ3) is 4.53. The lowest BCUT2D eigenvalue weighted by Gasteiger charge is -2.31. The molecule has 1 atom stereocenters. The molecule has 124 valence electrons. The number of ether oxygens (including phenoxy) is 1. The molecular weight excluding hydrogens is 314 g/mol. The van der Waals surface area contributed by atoms with Crippen LogP contribution in [0, 0.1) is 0 Å². The number of rotatable bonds is 6. The molecule has 1 saturated heterocycles. The van der Waals surface area contributed by atoms with E-state index in [0.29, 0.717) is 29.4 Å². The molecule has 2 heterocycles. The number of likely N-dealkylation sites (tertiary alicyclic amines) is 1. The molecule has 0 saturated carbocycles. The summed E-state index contributed by atoms with van der Waals surface area (Å²) in [4.78, 5) is 6.80. The number of halogens is 1. The third-order valence-corrected chi connectivity index (χ3v) is 4.16. The molecule has 0 radical (unpaired) electrons. The summed E-state index contributed by atoms with van der Waals surface area (Å²) in [5, 5.41) is 4.73. The van der Waals surface area contributed by atoms with Crippen LogP contribution in [0.4, 0.5) is 0 Å². The van der Waals surface area contributed by atoms with Crippen LogP contribution in [0.1, 0.15) is 32.1 Å². The van der Waals surface area contributed by atoms with Gasteiger partial charge in [0, 0.05) is 23.7 Å². The lowest BCUT2D eigenvalue weighted by Crippen LogP contribution is -2.39. The Morgan fingerprint density at radius 1 is 1.43 bits per heavy atom. The van der Waals surface area contributed by atoms with Gasteiger partial charge in [0.2, 0.25) is 11.7 Å². The first kappa shape index (κ1) is 16.4. The van der Waals surface area contributed by atoms with Crippen molar-refractivity contribution in [2.45, 2.75) is 38.8 Å². The largest absolute Gasteiger partial charge is 0.377 e. The van der Waals surface area contributed by atoms with Crippen LogP contribution in [0.25, 0.3) is 11.4 Å². The van der Waals surface area contributed by atoms with E-state index in [2.05, 4.69) is 22.0 Å². The first-order valence-corrected chi connectivity index (χ1v) is 8.55. The Kier molecular flexibility index (Phi) is 5.65. The summed E-state index contributed by atoms with van der Waals surface area (Å²) in [6.07, 6.45) is 3.65. The van der Waals surface area contributed by atoms with Crippen molar-refractivity contribution in [1.82, 2.24) is 15.0 Å². The quantitative estimate of drug-likeness (QED) is 0.804. The van der Waals surface area contributed by atoms with Crippen LogP contribution >= 0.6 is 11.6 Å². The van der Waals surface area contributed by atoms with Crippen LogP contribution in [0.5, 0.6) is 0 Å². The molecule has 1 fully saturated rings. The SMILES string of the molecule is CCCO[C@H]1CCCN(Cc2nc(-c3cccc(Cl)c3)no2)C1. The molecule has 23 heavy (non-hydrogen) atoms. The van der Waals surface area contributed by atoms with Crippen LogP contribution < -0.4 is 0 Å². The minimum atomic E-state index is 0.319. The van der Waals surface area contributed by atoms with Crippen molar-refractivity contribution in [3.8, 4) is 11.4 Å². The van der Waals surface area contributed by atoms with Gasteiger partial charge in [-0.2, -0.15) is 4.98 Å². The number of piperidine rings is 1. The first-order valence-electron chi connectivity index (χ1n) is 8.17. The maximum absolute atomic E-state index is 6.01. The van der Waals surface area contributed by atoms with E-state index in [1.54, 1.807) is 0 Å². The van der Waals surface area contributed by atoms with Crippen molar-refractivity contribution in [2.24, 2.45) is 0 Å². The highest BCUT2D eigenvalue weighted by Gasteiger charge is 2.22. The van der Waals surface area contributed by atoms with Crippen molar-refractivity contribution in [3.63, 3.8) is 0 Å². The normalized spacial score (nSPS) is 19.1. The third-order valence-electron chi connectivity index (χ3n) is 3.93.